The van der Waals surface area contributed by atoms with Crippen LogP contribution in [0, 0.1) is 5.92 Å². The average Bonchev–Trinajstić information content (AvgIpc) is 3.16. The van der Waals surface area contributed by atoms with Gasteiger partial charge in [-0.2, -0.15) is 18.3 Å². The van der Waals surface area contributed by atoms with Crippen LogP contribution < -0.4 is 19.4 Å². The van der Waals surface area contributed by atoms with Gasteiger partial charge >= 0.3 is 12.1 Å². The molecule has 1 saturated heterocycles. The van der Waals surface area contributed by atoms with Crippen LogP contribution >= 0.6 is 0 Å². The monoisotopic (exact) mass is 492 g/mol. The Morgan fingerprint density at radius 3 is 2.43 bits per heavy atom. The van der Waals surface area contributed by atoms with Gasteiger partial charge in [0.2, 0.25) is 0 Å². The second kappa shape index (κ2) is 10.0. The van der Waals surface area contributed by atoms with Gasteiger partial charge in [0.05, 0.1) is 25.3 Å². The molecule has 0 amide bonds. The molecule has 0 unspecified atom stereocenters. The molecule has 0 bridgehead atoms. The summed E-state index contributed by atoms with van der Waals surface area (Å²) < 4.78 is 51.5. The maximum atomic E-state index is 13.4. The third-order valence-corrected chi connectivity index (χ3v) is 6.33. The average molecular weight is 492 g/mol. The zero-order valence-corrected chi connectivity index (χ0v) is 19.4. The number of pyridine rings is 1. The second-order valence-electron chi connectivity index (χ2n) is 8.63. The summed E-state index contributed by atoms with van der Waals surface area (Å²) in [4.78, 5) is 17.8. The summed E-state index contributed by atoms with van der Waals surface area (Å²) in [6.07, 6.45) is -1.81. The Morgan fingerprint density at radius 2 is 1.83 bits per heavy atom. The van der Waals surface area contributed by atoms with Crippen LogP contribution in [-0.4, -0.2) is 60.3 Å². The van der Waals surface area contributed by atoms with E-state index in [2.05, 4.69) is 15.0 Å². The van der Waals surface area contributed by atoms with E-state index in [0.717, 1.165) is 42.5 Å². The quantitative estimate of drug-likeness (QED) is 0.615. The largest absolute Gasteiger partial charge is 0.497 e. The molecule has 1 N–H and O–H groups in total. The molecule has 1 aromatic carbocycles. The molecule has 8 nitrogen and oxygen atoms in total. The number of hydrogen-bond acceptors (Lipinski definition) is 7. The number of alkyl halides is 3. The molecular formula is C24H27F3N4O4. The summed E-state index contributed by atoms with van der Waals surface area (Å²) in [5.74, 6) is -0.0548. The van der Waals surface area contributed by atoms with E-state index in [1.165, 1.54) is 6.92 Å². The lowest BCUT2D eigenvalue weighted by Gasteiger charge is -2.33. The number of hydrogen-bond donors (Lipinski definition) is 1. The molecule has 2 aliphatic rings. The first-order valence-corrected chi connectivity index (χ1v) is 11.3. The number of ether oxygens (including phenoxy) is 2. The number of aromatic nitrogens is 1. The highest BCUT2D eigenvalue weighted by Crippen LogP contribution is 2.37. The molecule has 11 heteroatoms. The van der Waals surface area contributed by atoms with Crippen LogP contribution in [-0.2, 0) is 4.79 Å². The molecule has 2 aliphatic heterocycles. The molecule has 1 aromatic heterocycles. The van der Waals surface area contributed by atoms with Crippen LogP contribution in [0.5, 0.6) is 11.5 Å². The summed E-state index contributed by atoms with van der Waals surface area (Å²) in [6.45, 7) is 2.88. The van der Waals surface area contributed by atoms with Crippen LogP contribution in [0.1, 0.15) is 26.2 Å². The summed E-state index contributed by atoms with van der Waals surface area (Å²) in [7, 11) is 1.61. The zero-order valence-electron chi connectivity index (χ0n) is 19.4. The minimum absolute atomic E-state index is 0.0101. The van der Waals surface area contributed by atoms with Crippen LogP contribution in [0.4, 0.5) is 24.7 Å². The number of nitrogens with zero attached hydrogens (tertiary/aromatic N) is 4. The van der Waals surface area contributed by atoms with Crippen molar-refractivity contribution in [3.8, 4) is 11.5 Å². The second-order valence-corrected chi connectivity index (χ2v) is 8.63. The smallest absolute Gasteiger partial charge is 0.431 e. The first-order valence-electron chi connectivity index (χ1n) is 11.3. The third-order valence-electron chi connectivity index (χ3n) is 6.33. The molecule has 0 spiro atoms. The highest BCUT2D eigenvalue weighted by Gasteiger charge is 2.48. The number of hydrazone groups is 1. The van der Waals surface area contributed by atoms with Crippen molar-refractivity contribution in [1.29, 1.82) is 0 Å². The third kappa shape index (κ3) is 5.60. The van der Waals surface area contributed by atoms with E-state index in [-0.39, 0.29) is 6.10 Å². The maximum Gasteiger partial charge on any atom is 0.431 e. The summed E-state index contributed by atoms with van der Waals surface area (Å²) >= 11 is 0. The summed E-state index contributed by atoms with van der Waals surface area (Å²) in [5.41, 5.74) is -0.588. The molecule has 4 rings (SSSR count). The number of halogens is 3. The van der Waals surface area contributed by atoms with Crippen LogP contribution in [0.25, 0.3) is 0 Å². The standard InChI is InChI=1S/C24H27F3N4O4/c1-15-20(14-22(32)33)31(29-23(15)24(25,26)27)16-3-5-17(6-4-16)35-18-8-11-30(12-9-18)21-13-19(34-2)7-10-28-21/h3-7,10,13,15,18,20H,8-9,11-12,14H2,1-2H3,(H,32,33)/t15-,20-/m0/s1. The lowest BCUT2D eigenvalue weighted by atomic mass is 9.94. The van der Waals surface area contributed by atoms with Crippen molar-refractivity contribution in [1.82, 2.24) is 4.98 Å². The number of rotatable bonds is 7. The van der Waals surface area contributed by atoms with E-state index in [4.69, 9.17) is 9.47 Å². The van der Waals surface area contributed by atoms with Gasteiger partial charge in [-0.25, -0.2) is 4.98 Å². The first-order chi connectivity index (χ1) is 16.7. The summed E-state index contributed by atoms with van der Waals surface area (Å²) in [5, 5.41) is 14.1. The van der Waals surface area contributed by atoms with Crippen LogP contribution in [0.2, 0.25) is 0 Å². The Labute approximate surface area is 201 Å². The van der Waals surface area contributed by atoms with Gasteiger partial charge in [-0.3, -0.25) is 9.80 Å². The molecular weight excluding hydrogens is 465 g/mol. The van der Waals surface area contributed by atoms with Crippen molar-refractivity contribution in [3.05, 3.63) is 42.6 Å². The number of carboxylic acids is 1. The Morgan fingerprint density at radius 1 is 1.14 bits per heavy atom. The van der Waals surface area contributed by atoms with Crippen molar-refractivity contribution in [2.45, 2.75) is 44.5 Å². The summed E-state index contributed by atoms with van der Waals surface area (Å²) in [6, 6.07) is 9.33. The fraction of sp³-hybridized carbons (Fsp3) is 0.458. The van der Waals surface area contributed by atoms with Crippen LogP contribution in [0.15, 0.2) is 47.7 Å². The number of carbonyl (C=O) groups is 1. The molecule has 3 heterocycles. The van der Waals surface area contributed by atoms with Gasteiger partial charge in [-0.05, 0) is 30.3 Å². The van der Waals surface area contributed by atoms with Gasteiger partial charge in [0, 0.05) is 44.1 Å². The molecule has 35 heavy (non-hydrogen) atoms. The van der Waals surface area contributed by atoms with Crippen molar-refractivity contribution in [2.75, 3.05) is 30.1 Å². The predicted molar refractivity (Wildman–Crippen MR) is 124 cm³/mol. The van der Waals surface area contributed by atoms with Crippen molar-refractivity contribution < 1.29 is 32.5 Å². The van der Waals surface area contributed by atoms with Gasteiger partial charge in [0.1, 0.15) is 29.1 Å². The molecule has 2 aromatic rings. The number of carboxylic acid groups (broad SMARTS) is 1. The number of aliphatic carboxylic acids is 1. The van der Waals surface area contributed by atoms with E-state index < -0.39 is 36.2 Å². The maximum absolute atomic E-state index is 13.4. The van der Waals surface area contributed by atoms with E-state index >= 15 is 0 Å². The molecule has 0 aliphatic carbocycles. The van der Waals surface area contributed by atoms with Crippen molar-refractivity contribution in [3.63, 3.8) is 0 Å². The highest BCUT2D eigenvalue weighted by molar-refractivity contribution is 5.95. The number of anilines is 2. The number of piperidine rings is 1. The Hall–Kier alpha value is -3.50. The van der Waals surface area contributed by atoms with Crippen molar-refractivity contribution in [2.24, 2.45) is 11.0 Å². The minimum Gasteiger partial charge on any atom is -0.497 e. The van der Waals surface area contributed by atoms with Crippen molar-refractivity contribution >= 4 is 23.2 Å². The number of methoxy groups -OCH3 is 1. The fourth-order valence-electron chi connectivity index (χ4n) is 4.45. The van der Waals surface area contributed by atoms with E-state index in [9.17, 15) is 23.1 Å². The zero-order chi connectivity index (χ0) is 25.2. The Bertz CT molecular complexity index is 1070. The Balaban J connectivity index is 1.40. The molecule has 2 atom stereocenters. The lowest BCUT2D eigenvalue weighted by Crippen LogP contribution is -2.38. The molecule has 0 radical (unpaired) electrons. The first kappa shape index (κ1) is 24.6. The SMILES string of the molecule is COc1ccnc(N2CCC(Oc3ccc(N4N=C(C(F)(F)F)[C@@H](C)[C@@H]4CC(=O)O)cc3)CC2)c1. The van der Waals surface area contributed by atoms with E-state index in [1.54, 1.807) is 43.6 Å². The van der Waals surface area contributed by atoms with Crippen LogP contribution in [0.3, 0.4) is 0 Å². The minimum atomic E-state index is -4.62. The van der Waals surface area contributed by atoms with E-state index in [1.807, 2.05) is 6.07 Å². The Kier molecular flexibility index (Phi) is 7.04. The number of benzene rings is 1. The predicted octanol–water partition coefficient (Wildman–Crippen LogP) is 4.36. The van der Waals surface area contributed by atoms with Gasteiger partial charge in [-0.1, -0.05) is 6.92 Å². The normalized spacial score (nSPS) is 21.1. The van der Waals surface area contributed by atoms with E-state index in [0.29, 0.717) is 11.4 Å². The fourth-order valence-corrected chi connectivity index (χ4v) is 4.45. The topological polar surface area (TPSA) is 87.5 Å². The van der Waals surface area contributed by atoms with Gasteiger partial charge in [0.25, 0.3) is 0 Å². The molecule has 188 valence electrons. The lowest BCUT2D eigenvalue weighted by molar-refractivity contribution is -0.137. The van der Waals surface area contributed by atoms with Gasteiger partial charge in [0.15, 0.2) is 0 Å². The highest BCUT2D eigenvalue weighted by atomic mass is 19.4. The van der Waals surface area contributed by atoms with Gasteiger partial charge < -0.3 is 19.5 Å². The van der Waals surface area contributed by atoms with Gasteiger partial charge in [-0.15, -0.1) is 0 Å². The molecule has 0 saturated carbocycles. The molecule has 1 fully saturated rings.